The number of nitrogens with one attached hydrogen (secondary N) is 1. The second-order valence-corrected chi connectivity index (χ2v) is 6.88. The fourth-order valence-corrected chi connectivity index (χ4v) is 3.48. The van der Waals surface area contributed by atoms with Gasteiger partial charge in [-0.15, -0.1) is 0 Å². The Morgan fingerprint density at radius 2 is 1.80 bits per heavy atom. The third-order valence-corrected chi connectivity index (χ3v) is 4.75. The van der Waals surface area contributed by atoms with Crippen molar-refractivity contribution in [2.75, 3.05) is 32.8 Å². The maximum atomic E-state index is 9.31. The Bertz CT molecular complexity index is 235. The first kappa shape index (κ1) is 17.9. The number of nitrogens with zero attached hydrogens (tertiary/aromatic N) is 1. The third kappa shape index (κ3) is 6.11. The zero-order valence-electron chi connectivity index (χ0n) is 14.0. The van der Waals surface area contributed by atoms with E-state index in [-0.39, 0.29) is 6.61 Å². The SMILES string of the molecule is CCCNCC1(CN(CCO)C(C)C)CCCCCC1. The van der Waals surface area contributed by atoms with E-state index in [1.807, 2.05) is 0 Å². The minimum atomic E-state index is 0.274. The van der Waals surface area contributed by atoms with Crippen molar-refractivity contribution in [1.82, 2.24) is 10.2 Å². The topological polar surface area (TPSA) is 35.5 Å². The maximum absolute atomic E-state index is 9.31. The lowest BCUT2D eigenvalue weighted by atomic mass is 9.79. The van der Waals surface area contributed by atoms with Crippen molar-refractivity contribution >= 4 is 0 Å². The fourth-order valence-electron chi connectivity index (χ4n) is 3.48. The third-order valence-electron chi connectivity index (χ3n) is 4.75. The van der Waals surface area contributed by atoms with Gasteiger partial charge in [0.05, 0.1) is 6.61 Å². The molecule has 0 amide bonds. The first-order valence-electron chi connectivity index (χ1n) is 8.69. The molecule has 20 heavy (non-hydrogen) atoms. The van der Waals surface area contributed by atoms with Crippen LogP contribution in [0.3, 0.4) is 0 Å². The van der Waals surface area contributed by atoms with E-state index in [1.54, 1.807) is 0 Å². The minimum Gasteiger partial charge on any atom is -0.395 e. The number of hydrogen-bond donors (Lipinski definition) is 2. The van der Waals surface area contributed by atoms with Crippen LogP contribution in [0.25, 0.3) is 0 Å². The molecule has 0 unspecified atom stereocenters. The van der Waals surface area contributed by atoms with Crippen LogP contribution < -0.4 is 5.32 Å². The van der Waals surface area contributed by atoms with Crippen molar-refractivity contribution in [2.45, 2.75) is 71.8 Å². The van der Waals surface area contributed by atoms with Crippen LogP contribution in [-0.4, -0.2) is 48.8 Å². The average Bonchev–Trinajstić information content (AvgIpc) is 2.65. The zero-order chi connectivity index (χ0) is 14.8. The molecule has 0 aromatic heterocycles. The molecule has 1 aliphatic carbocycles. The molecular weight excluding hydrogens is 248 g/mol. The van der Waals surface area contributed by atoms with Crippen LogP contribution in [0.5, 0.6) is 0 Å². The lowest BCUT2D eigenvalue weighted by molar-refractivity contribution is 0.0860. The average molecular weight is 284 g/mol. The van der Waals surface area contributed by atoms with Crippen LogP contribution in [0.2, 0.25) is 0 Å². The number of aliphatic hydroxyl groups excluding tert-OH is 1. The predicted molar refractivity (Wildman–Crippen MR) is 87.1 cm³/mol. The minimum absolute atomic E-state index is 0.274. The molecule has 0 spiro atoms. The van der Waals surface area contributed by atoms with Gasteiger partial charge >= 0.3 is 0 Å². The molecular formula is C17H36N2O. The zero-order valence-corrected chi connectivity index (χ0v) is 14.0. The van der Waals surface area contributed by atoms with Gasteiger partial charge in [0.1, 0.15) is 0 Å². The molecule has 0 atom stereocenters. The quantitative estimate of drug-likeness (QED) is 0.504. The summed E-state index contributed by atoms with van der Waals surface area (Å²) in [6.45, 7) is 11.2. The van der Waals surface area contributed by atoms with Crippen LogP contribution in [0.4, 0.5) is 0 Å². The summed E-state index contributed by atoms with van der Waals surface area (Å²) in [5.41, 5.74) is 0.422. The van der Waals surface area contributed by atoms with Gasteiger partial charge in [-0.1, -0.05) is 32.6 Å². The van der Waals surface area contributed by atoms with E-state index in [2.05, 4.69) is 31.0 Å². The van der Waals surface area contributed by atoms with E-state index in [4.69, 9.17) is 0 Å². The number of aliphatic hydroxyl groups is 1. The number of rotatable bonds is 9. The van der Waals surface area contributed by atoms with Gasteiger partial charge in [-0.2, -0.15) is 0 Å². The van der Waals surface area contributed by atoms with Gasteiger partial charge < -0.3 is 10.4 Å². The molecule has 0 bridgehead atoms. The Morgan fingerprint density at radius 3 is 2.30 bits per heavy atom. The van der Waals surface area contributed by atoms with Gasteiger partial charge in [-0.05, 0) is 45.1 Å². The molecule has 3 heteroatoms. The molecule has 1 saturated carbocycles. The van der Waals surface area contributed by atoms with Crippen LogP contribution in [0.1, 0.15) is 65.7 Å². The predicted octanol–water partition coefficient (Wildman–Crippen LogP) is 3.03. The molecule has 0 radical (unpaired) electrons. The van der Waals surface area contributed by atoms with Gasteiger partial charge in [-0.3, -0.25) is 4.90 Å². The van der Waals surface area contributed by atoms with Gasteiger partial charge in [0, 0.05) is 25.7 Å². The number of hydrogen-bond acceptors (Lipinski definition) is 3. The molecule has 120 valence electrons. The largest absolute Gasteiger partial charge is 0.395 e. The van der Waals surface area contributed by atoms with Crippen LogP contribution >= 0.6 is 0 Å². The maximum Gasteiger partial charge on any atom is 0.0558 e. The monoisotopic (exact) mass is 284 g/mol. The molecule has 0 saturated heterocycles. The molecule has 0 aromatic rings. The lowest BCUT2D eigenvalue weighted by Gasteiger charge is -2.40. The highest BCUT2D eigenvalue weighted by Gasteiger charge is 2.33. The first-order valence-corrected chi connectivity index (χ1v) is 8.69. The molecule has 1 aliphatic rings. The molecule has 1 rings (SSSR count). The molecule has 3 nitrogen and oxygen atoms in total. The van der Waals surface area contributed by atoms with Crippen LogP contribution in [-0.2, 0) is 0 Å². The van der Waals surface area contributed by atoms with Crippen molar-refractivity contribution in [3.05, 3.63) is 0 Å². The Kier molecular flexibility index (Phi) is 8.74. The molecule has 1 fully saturated rings. The Balaban J connectivity index is 2.68. The first-order chi connectivity index (χ1) is 9.63. The normalized spacial score (nSPS) is 19.5. The van der Waals surface area contributed by atoms with E-state index >= 15 is 0 Å². The van der Waals surface area contributed by atoms with Crippen molar-refractivity contribution in [3.8, 4) is 0 Å². The summed E-state index contributed by atoms with van der Waals surface area (Å²) in [5, 5.41) is 13.0. The summed E-state index contributed by atoms with van der Waals surface area (Å²) in [5.74, 6) is 0. The van der Waals surface area contributed by atoms with Crippen molar-refractivity contribution in [1.29, 1.82) is 0 Å². The van der Waals surface area contributed by atoms with Gasteiger partial charge in [-0.25, -0.2) is 0 Å². The standard InChI is InChI=1S/C17H36N2O/c1-4-11-18-14-17(9-7-5-6-8-10-17)15-19(12-13-20)16(2)3/h16,18,20H,4-15H2,1-3H3. The van der Waals surface area contributed by atoms with Gasteiger partial charge in [0.15, 0.2) is 0 Å². The lowest BCUT2D eigenvalue weighted by Crippen LogP contribution is -2.47. The highest BCUT2D eigenvalue weighted by molar-refractivity contribution is 4.87. The Labute approximate surface area is 126 Å². The van der Waals surface area contributed by atoms with Crippen molar-refractivity contribution in [3.63, 3.8) is 0 Å². The van der Waals surface area contributed by atoms with Gasteiger partial charge in [0.2, 0.25) is 0 Å². The highest BCUT2D eigenvalue weighted by atomic mass is 16.3. The summed E-state index contributed by atoms with van der Waals surface area (Å²) in [6.07, 6.45) is 9.45. The van der Waals surface area contributed by atoms with E-state index < -0.39 is 0 Å². The Morgan fingerprint density at radius 1 is 1.15 bits per heavy atom. The van der Waals surface area contributed by atoms with Crippen molar-refractivity contribution in [2.24, 2.45) is 5.41 Å². The van der Waals surface area contributed by atoms with E-state index in [1.165, 1.54) is 44.9 Å². The summed E-state index contributed by atoms with van der Waals surface area (Å²) in [7, 11) is 0. The molecule has 2 N–H and O–H groups in total. The summed E-state index contributed by atoms with van der Waals surface area (Å²) < 4.78 is 0. The highest BCUT2D eigenvalue weighted by Crippen LogP contribution is 2.35. The molecule has 0 aromatic carbocycles. The van der Waals surface area contributed by atoms with E-state index in [0.29, 0.717) is 11.5 Å². The fraction of sp³-hybridized carbons (Fsp3) is 1.00. The summed E-state index contributed by atoms with van der Waals surface area (Å²) in [4.78, 5) is 2.47. The molecule has 0 aliphatic heterocycles. The van der Waals surface area contributed by atoms with Gasteiger partial charge in [0.25, 0.3) is 0 Å². The smallest absolute Gasteiger partial charge is 0.0558 e. The molecule has 0 heterocycles. The van der Waals surface area contributed by atoms with E-state index in [9.17, 15) is 5.11 Å². The summed E-state index contributed by atoms with van der Waals surface area (Å²) in [6, 6.07) is 0.522. The van der Waals surface area contributed by atoms with Crippen LogP contribution in [0.15, 0.2) is 0 Å². The summed E-state index contributed by atoms with van der Waals surface area (Å²) >= 11 is 0. The second kappa shape index (κ2) is 9.75. The van der Waals surface area contributed by atoms with E-state index in [0.717, 1.165) is 26.2 Å². The Hall–Kier alpha value is -0.120. The van der Waals surface area contributed by atoms with Crippen LogP contribution in [0, 0.1) is 5.41 Å². The second-order valence-electron chi connectivity index (χ2n) is 6.88. The van der Waals surface area contributed by atoms with Crippen molar-refractivity contribution < 1.29 is 5.11 Å².